The third-order valence-corrected chi connectivity index (χ3v) is 6.06. The summed E-state index contributed by atoms with van der Waals surface area (Å²) in [5, 5.41) is 11.6. The van der Waals surface area contributed by atoms with Crippen LogP contribution in [0.3, 0.4) is 0 Å². The molecule has 2 aromatic rings. The van der Waals surface area contributed by atoms with Crippen LogP contribution in [0.2, 0.25) is 0 Å². The molecule has 144 valence electrons. The van der Waals surface area contributed by atoms with Crippen molar-refractivity contribution in [1.29, 1.82) is 0 Å². The second-order valence-corrected chi connectivity index (χ2v) is 8.37. The summed E-state index contributed by atoms with van der Waals surface area (Å²) in [5.74, 6) is 1.43. The number of hydrogen-bond acceptors (Lipinski definition) is 4. The molecule has 1 N–H and O–H groups in total. The first kappa shape index (κ1) is 18.5. The maximum absolute atomic E-state index is 11.6. The molecule has 2 heterocycles. The summed E-state index contributed by atoms with van der Waals surface area (Å²) in [4.78, 5) is 7.02. The fraction of sp³-hybridized carbons (Fsp3) is 0.522. The van der Waals surface area contributed by atoms with Gasteiger partial charge in [0.25, 0.3) is 0 Å². The maximum Gasteiger partial charge on any atom is 0.120 e. The van der Waals surface area contributed by atoms with Crippen molar-refractivity contribution in [2.75, 3.05) is 13.1 Å². The molecular weight excluding hydrogens is 336 g/mol. The molecule has 0 amide bonds. The molecule has 4 heteroatoms. The molecule has 1 saturated heterocycles. The second kappa shape index (κ2) is 7.61. The summed E-state index contributed by atoms with van der Waals surface area (Å²) in [6.45, 7) is 6.84. The Morgan fingerprint density at radius 1 is 1.15 bits per heavy atom. The van der Waals surface area contributed by atoms with Crippen LogP contribution in [0, 0.1) is 11.8 Å². The zero-order valence-corrected chi connectivity index (χ0v) is 16.3. The smallest absolute Gasteiger partial charge is 0.120 e. The van der Waals surface area contributed by atoms with Crippen LogP contribution in [0.25, 0.3) is 0 Å². The van der Waals surface area contributed by atoms with Crippen molar-refractivity contribution in [2.45, 2.75) is 51.4 Å². The highest BCUT2D eigenvalue weighted by Crippen LogP contribution is 2.48. The summed E-state index contributed by atoms with van der Waals surface area (Å²) in [6.07, 6.45) is 5.32. The molecule has 3 atom stereocenters. The van der Waals surface area contributed by atoms with E-state index >= 15 is 0 Å². The van der Waals surface area contributed by atoms with E-state index in [0.717, 1.165) is 43.9 Å². The molecule has 2 aliphatic rings. The average molecular weight is 367 g/mol. The molecule has 4 rings (SSSR count). The topological polar surface area (TPSA) is 45.6 Å². The Morgan fingerprint density at radius 3 is 2.59 bits per heavy atom. The van der Waals surface area contributed by atoms with Crippen molar-refractivity contribution in [3.63, 3.8) is 0 Å². The van der Waals surface area contributed by atoms with Gasteiger partial charge < -0.3 is 9.84 Å². The standard InChI is InChI=1S/C23H30N2O2/c1-17(2)27-21-10-5-7-18(13-21)14-25-15-19-8-6-9-20(16-25)23(19,26)22-11-3-4-12-24-22/h3-5,7,10-13,17,19-20,26H,6,8-9,14-16H2,1-2H3/t19-,20+,23?. The lowest BCUT2D eigenvalue weighted by Crippen LogP contribution is -2.58. The van der Waals surface area contributed by atoms with Gasteiger partial charge in [-0.1, -0.05) is 24.6 Å². The monoisotopic (exact) mass is 366 g/mol. The van der Waals surface area contributed by atoms with Crippen molar-refractivity contribution in [3.05, 3.63) is 59.9 Å². The Balaban J connectivity index is 1.51. The fourth-order valence-corrected chi connectivity index (χ4v) is 4.94. The lowest BCUT2D eigenvalue weighted by Gasteiger charge is -2.52. The highest BCUT2D eigenvalue weighted by molar-refractivity contribution is 5.29. The average Bonchev–Trinajstić information content (AvgIpc) is 2.63. The second-order valence-electron chi connectivity index (χ2n) is 8.37. The van der Waals surface area contributed by atoms with E-state index in [9.17, 15) is 5.11 Å². The summed E-state index contributed by atoms with van der Waals surface area (Å²) < 4.78 is 5.84. The van der Waals surface area contributed by atoms with Crippen molar-refractivity contribution in [2.24, 2.45) is 11.8 Å². The zero-order valence-electron chi connectivity index (χ0n) is 16.3. The molecule has 2 fully saturated rings. The van der Waals surface area contributed by atoms with Gasteiger partial charge in [-0.2, -0.15) is 0 Å². The van der Waals surface area contributed by atoms with Gasteiger partial charge in [-0.25, -0.2) is 0 Å². The van der Waals surface area contributed by atoms with Crippen molar-refractivity contribution in [1.82, 2.24) is 9.88 Å². The van der Waals surface area contributed by atoms with Crippen LogP contribution in [0.4, 0.5) is 0 Å². The summed E-state index contributed by atoms with van der Waals surface area (Å²) in [7, 11) is 0. The number of hydrogen-bond donors (Lipinski definition) is 1. The normalized spacial score (nSPS) is 28.3. The van der Waals surface area contributed by atoms with Gasteiger partial charge in [0.2, 0.25) is 0 Å². The van der Waals surface area contributed by atoms with Crippen LogP contribution in [-0.2, 0) is 12.1 Å². The molecule has 1 unspecified atom stereocenters. The number of ether oxygens (including phenoxy) is 1. The van der Waals surface area contributed by atoms with Gasteiger partial charge in [0.1, 0.15) is 11.4 Å². The summed E-state index contributed by atoms with van der Waals surface area (Å²) in [6, 6.07) is 14.3. The molecule has 0 radical (unpaired) electrons. The molecule has 1 aromatic carbocycles. The summed E-state index contributed by atoms with van der Waals surface area (Å²) >= 11 is 0. The largest absolute Gasteiger partial charge is 0.491 e. The molecule has 1 saturated carbocycles. The number of piperidine rings is 1. The SMILES string of the molecule is CC(C)Oc1cccc(CN2C[C@H]3CCC[C@@H](C2)C3(O)c2ccccn2)c1. The number of aromatic nitrogens is 1. The quantitative estimate of drug-likeness (QED) is 0.869. The highest BCUT2D eigenvalue weighted by atomic mass is 16.5. The Bertz CT molecular complexity index is 748. The van der Waals surface area contributed by atoms with Crippen LogP contribution in [0.15, 0.2) is 48.7 Å². The number of rotatable bonds is 5. The Morgan fingerprint density at radius 2 is 1.93 bits per heavy atom. The molecule has 1 aromatic heterocycles. The van der Waals surface area contributed by atoms with Gasteiger partial charge in [0.15, 0.2) is 0 Å². The number of pyridine rings is 1. The van der Waals surface area contributed by atoms with Crippen LogP contribution in [0.1, 0.15) is 44.4 Å². The van der Waals surface area contributed by atoms with Gasteiger partial charge in [-0.05, 0) is 56.5 Å². The highest BCUT2D eigenvalue weighted by Gasteiger charge is 2.52. The number of likely N-dealkylation sites (tertiary alicyclic amines) is 1. The first-order chi connectivity index (χ1) is 13.1. The van der Waals surface area contributed by atoms with E-state index in [-0.39, 0.29) is 17.9 Å². The Hall–Kier alpha value is -1.91. The molecule has 4 nitrogen and oxygen atoms in total. The van der Waals surface area contributed by atoms with E-state index in [0.29, 0.717) is 0 Å². The van der Waals surface area contributed by atoms with Gasteiger partial charge >= 0.3 is 0 Å². The third kappa shape index (κ3) is 3.74. The minimum Gasteiger partial charge on any atom is -0.491 e. The van der Waals surface area contributed by atoms with Gasteiger partial charge in [-0.3, -0.25) is 9.88 Å². The van der Waals surface area contributed by atoms with Crippen LogP contribution >= 0.6 is 0 Å². The fourth-order valence-electron chi connectivity index (χ4n) is 4.94. The predicted molar refractivity (Wildman–Crippen MR) is 106 cm³/mol. The molecule has 27 heavy (non-hydrogen) atoms. The number of aliphatic hydroxyl groups is 1. The first-order valence-electron chi connectivity index (χ1n) is 10.2. The summed E-state index contributed by atoms with van der Waals surface area (Å²) in [5.41, 5.74) is 1.35. The van der Waals surface area contributed by atoms with Crippen LogP contribution in [0.5, 0.6) is 5.75 Å². The first-order valence-corrected chi connectivity index (χ1v) is 10.2. The molecule has 1 aliphatic carbocycles. The van der Waals surface area contributed by atoms with E-state index in [1.54, 1.807) is 6.20 Å². The molecular formula is C23H30N2O2. The van der Waals surface area contributed by atoms with Crippen molar-refractivity contribution < 1.29 is 9.84 Å². The van der Waals surface area contributed by atoms with Crippen molar-refractivity contribution in [3.8, 4) is 5.75 Å². The third-order valence-electron chi connectivity index (χ3n) is 6.06. The lowest BCUT2D eigenvalue weighted by atomic mass is 9.64. The number of benzene rings is 1. The van der Waals surface area contributed by atoms with E-state index in [1.165, 1.54) is 12.0 Å². The Labute approximate surface area is 162 Å². The van der Waals surface area contributed by atoms with E-state index in [4.69, 9.17) is 4.74 Å². The van der Waals surface area contributed by atoms with E-state index in [2.05, 4.69) is 41.9 Å². The van der Waals surface area contributed by atoms with Crippen LogP contribution in [-0.4, -0.2) is 34.2 Å². The van der Waals surface area contributed by atoms with Gasteiger partial charge in [0, 0.05) is 37.7 Å². The van der Waals surface area contributed by atoms with Crippen molar-refractivity contribution >= 4 is 0 Å². The molecule has 1 aliphatic heterocycles. The molecule has 2 bridgehead atoms. The number of fused-ring (bicyclic) bond motifs is 2. The Kier molecular flexibility index (Phi) is 5.20. The van der Waals surface area contributed by atoms with Gasteiger partial charge in [-0.15, -0.1) is 0 Å². The van der Waals surface area contributed by atoms with Gasteiger partial charge in [0.05, 0.1) is 11.8 Å². The lowest BCUT2D eigenvalue weighted by molar-refractivity contribution is -0.151. The van der Waals surface area contributed by atoms with E-state index in [1.807, 2.05) is 24.3 Å². The van der Waals surface area contributed by atoms with E-state index < -0.39 is 5.60 Å². The minimum atomic E-state index is -0.779. The predicted octanol–water partition coefficient (Wildman–Crippen LogP) is 3.99. The number of nitrogens with zero attached hydrogens (tertiary/aromatic N) is 2. The molecule has 0 spiro atoms. The van der Waals surface area contributed by atoms with Crippen LogP contribution < -0.4 is 4.74 Å². The minimum absolute atomic E-state index is 0.183. The maximum atomic E-state index is 11.6. The zero-order chi connectivity index (χ0) is 18.9.